The first-order valence-electron chi connectivity index (χ1n) is 13.6. The third-order valence-corrected chi connectivity index (χ3v) is 7.76. The summed E-state index contributed by atoms with van der Waals surface area (Å²) in [4.78, 5) is 13.5. The van der Waals surface area contributed by atoms with Crippen molar-refractivity contribution in [1.82, 2.24) is 4.90 Å². The average Bonchev–Trinajstić information content (AvgIpc) is 3.37. The van der Waals surface area contributed by atoms with Gasteiger partial charge in [-0.1, -0.05) is 96.5 Å². The summed E-state index contributed by atoms with van der Waals surface area (Å²) in [6.07, 6.45) is -3.90. The molecule has 5 rings (SSSR count). The summed E-state index contributed by atoms with van der Waals surface area (Å²) in [6, 6.07) is 31.7. The summed E-state index contributed by atoms with van der Waals surface area (Å²) in [7, 11) is 0. The van der Waals surface area contributed by atoms with E-state index in [9.17, 15) is 18.0 Å². The molecule has 0 aliphatic heterocycles. The van der Waals surface area contributed by atoms with Crippen LogP contribution >= 0.6 is 11.6 Å². The van der Waals surface area contributed by atoms with Crippen LogP contribution in [-0.2, 0) is 30.4 Å². The summed E-state index contributed by atoms with van der Waals surface area (Å²) in [6.45, 7) is 1.28. The molecule has 4 nitrogen and oxygen atoms in total. The van der Waals surface area contributed by atoms with E-state index in [1.54, 1.807) is 6.07 Å². The molecule has 0 aliphatic rings. The number of fused-ring (bicyclic) bond motifs is 1. The highest BCUT2D eigenvalue weighted by molar-refractivity contribution is 6.32. The van der Waals surface area contributed by atoms with Crippen molar-refractivity contribution in [2.45, 2.75) is 31.5 Å². The normalized spacial score (nSPS) is 12.0. The van der Waals surface area contributed by atoms with Crippen molar-refractivity contribution in [2.75, 3.05) is 13.1 Å². The van der Waals surface area contributed by atoms with Gasteiger partial charge in [0.25, 0.3) is 0 Å². The Kier molecular flexibility index (Phi) is 9.00. The van der Waals surface area contributed by atoms with Gasteiger partial charge in [0, 0.05) is 37.4 Å². The first kappa shape index (κ1) is 29.4. The van der Waals surface area contributed by atoms with Crippen molar-refractivity contribution in [1.29, 1.82) is 0 Å². The van der Waals surface area contributed by atoms with E-state index in [-0.39, 0.29) is 23.9 Å². The Balaban J connectivity index is 1.45. The number of furan rings is 1. The molecule has 0 unspecified atom stereocenters. The number of nitrogens with two attached hydrogens (primary N) is 1. The van der Waals surface area contributed by atoms with Gasteiger partial charge in [0.1, 0.15) is 11.3 Å². The molecule has 2 N–H and O–H groups in total. The monoisotopic (exact) mass is 590 g/mol. The Bertz CT molecular complexity index is 1610. The maximum Gasteiger partial charge on any atom is 0.417 e. The van der Waals surface area contributed by atoms with Crippen LogP contribution in [-0.4, -0.2) is 23.9 Å². The lowest BCUT2D eigenvalue weighted by Crippen LogP contribution is -2.31. The molecule has 216 valence electrons. The minimum atomic E-state index is -4.55. The van der Waals surface area contributed by atoms with Crippen LogP contribution in [0.5, 0.6) is 0 Å². The molecule has 0 atom stereocenters. The summed E-state index contributed by atoms with van der Waals surface area (Å²) in [5.41, 5.74) is 8.54. The lowest BCUT2D eigenvalue weighted by atomic mass is 9.90. The van der Waals surface area contributed by atoms with Gasteiger partial charge in [0.05, 0.1) is 17.0 Å². The predicted octanol–water partition coefficient (Wildman–Crippen LogP) is 8.01. The summed E-state index contributed by atoms with van der Waals surface area (Å²) in [5.74, 6) is 0.290. The molecule has 5 aromatic rings. The predicted molar refractivity (Wildman–Crippen MR) is 159 cm³/mol. The van der Waals surface area contributed by atoms with Gasteiger partial charge in [-0.3, -0.25) is 9.69 Å². The summed E-state index contributed by atoms with van der Waals surface area (Å²) in [5, 5.41) is 0.619. The number of nitrogens with zero attached hydrogens (tertiary/aromatic N) is 1. The zero-order valence-electron chi connectivity index (χ0n) is 22.8. The highest BCUT2D eigenvalue weighted by Crippen LogP contribution is 2.37. The third-order valence-electron chi connectivity index (χ3n) is 7.31. The SMILES string of the molecule is NC(=O)Cc1ccc2cc(CCN(Cc3cccc(C(F)(F)F)c3Cl)CC(c3ccccc3)c3ccccc3)oc2c1. The van der Waals surface area contributed by atoms with Crippen molar-refractivity contribution in [3.05, 3.63) is 142 Å². The molecule has 4 aromatic carbocycles. The van der Waals surface area contributed by atoms with E-state index in [0.717, 1.165) is 33.9 Å². The number of hydrogen-bond acceptors (Lipinski definition) is 3. The molecule has 1 amide bonds. The lowest BCUT2D eigenvalue weighted by Gasteiger charge is -2.29. The first-order chi connectivity index (χ1) is 20.2. The van der Waals surface area contributed by atoms with Crippen LogP contribution in [0.1, 0.15) is 39.5 Å². The van der Waals surface area contributed by atoms with E-state index in [1.165, 1.54) is 6.07 Å². The standard InChI is InChI=1S/C34H30ClF3N2O2/c35-33-27(12-7-13-30(33)34(36,37)38)21-40(22-29(24-8-3-1-4-9-24)25-10-5-2-6-11-25)17-16-28-20-26-15-14-23(19-32(39)41)18-31(26)42-28/h1-15,18,20,29H,16-17,19,21-22H2,(H2,39,41). The van der Waals surface area contributed by atoms with Gasteiger partial charge in [0.15, 0.2) is 0 Å². The van der Waals surface area contributed by atoms with Crippen molar-refractivity contribution in [3.8, 4) is 0 Å². The molecule has 8 heteroatoms. The van der Waals surface area contributed by atoms with Crippen LogP contribution < -0.4 is 5.73 Å². The van der Waals surface area contributed by atoms with Gasteiger partial charge < -0.3 is 10.2 Å². The van der Waals surface area contributed by atoms with Gasteiger partial charge in [0.2, 0.25) is 5.91 Å². The van der Waals surface area contributed by atoms with E-state index in [1.807, 2.05) is 60.7 Å². The molecular weight excluding hydrogens is 561 g/mol. The molecule has 0 saturated heterocycles. The van der Waals surface area contributed by atoms with E-state index < -0.39 is 17.6 Å². The van der Waals surface area contributed by atoms with Crippen LogP contribution in [0.25, 0.3) is 11.0 Å². The van der Waals surface area contributed by atoms with E-state index in [2.05, 4.69) is 29.2 Å². The van der Waals surface area contributed by atoms with E-state index >= 15 is 0 Å². The second-order valence-corrected chi connectivity index (χ2v) is 10.7. The molecule has 0 fully saturated rings. The largest absolute Gasteiger partial charge is 0.461 e. The fourth-order valence-electron chi connectivity index (χ4n) is 5.26. The van der Waals surface area contributed by atoms with Crippen molar-refractivity contribution in [2.24, 2.45) is 5.73 Å². The Morgan fingerprint density at radius 1 is 0.881 bits per heavy atom. The van der Waals surface area contributed by atoms with Gasteiger partial charge in [-0.15, -0.1) is 0 Å². The number of amides is 1. The molecule has 0 spiro atoms. The smallest absolute Gasteiger partial charge is 0.417 e. The fourth-order valence-corrected chi connectivity index (χ4v) is 5.55. The Morgan fingerprint density at radius 3 is 2.17 bits per heavy atom. The maximum absolute atomic E-state index is 13.7. The molecular formula is C34H30ClF3N2O2. The zero-order valence-corrected chi connectivity index (χ0v) is 23.5. The number of rotatable bonds is 11. The topological polar surface area (TPSA) is 59.5 Å². The number of benzene rings is 4. The van der Waals surface area contributed by atoms with Crippen molar-refractivity contribution in [3.63, 3.8) is 0 Å². The second kappa shape index (κ2) is 12.8. The lowest BCUT2D eigenvalue weighted by molar-refractivity contribution is -0.137. The van der Waals surface area contributed by atoms with Gasteiger partial charge in [-0.2, -0.15) is 13.2 Å². The maximum atomic E-state index is 13.7. The number of primary amides is 1. The Labute approximate surface area is 247 Å². The van der Waals surface area contributed by atoms with Crippen LogP contribution in [0.15, 0.2) is 108 Å². The van der Waals surface area contributed by atoms with Crippen LogP contribution in [0.3, 0.4) is 0 Å². The number of carbonyl (C=O) groups is 1. The summed E-state index contributed by atoms with van der Waals surface area (Å²) < 4.78 is 47.1. The number of alkyl halides is 3. The van der Waals surface area contributed by atoms with Crippen LogP contribution in [0.2, 0.25) is 5.02 Å². The molecule has 1 aromatic heterocycles. The molecule has 1 heterocycles. The van der Waals surface area contributed by atoms with E-state index in [0.29, 0.717) is 30.7 Å². The first-order valence-corrected chi connectivity index (χ1v) is 14.0. The van der Waals surface area contributed by atoms with Gasteiger partial charge in [-0.25, -0.2) is 0 Å². The number of halogens is 4. The number of hydrogen-bond donors (Lipinski definition) is 1. The van der Waals surface area contributed by atoms with Crippen molar-refractivity contribution < 1.29 is 22.4 Å². The quantitative estimate of drug-likeness (QED) is 0.169. The molecule has 0 bridgehead atoms. The third kappa shape index (κ3) is 7.22. The van der Waals surface area contributed by atoms with Crippen LogP contribution in [0.4, 0.5) is 13.2 Å². The minimum absolute atomic E-state index is 0.0241. The highest BCUT2D eigenvalue weighted by Gasteiger charge is 2.34. The Hall–Kier alpha value is -4.07. The average molecular weight is 591 g/mol. The van der Waals surface area contributed by atoms with Crippen molar-refractivity contribution >= 4 is 28.5 Å². The fraction of sp³-hybridized carbons (Fsp3) is 0.206. The molecule has 0 radical (unpaired) electrons. The zero-order chi connectivity index (χ0) is 29.7. The van der Waals surface area contributed by atoms with Gasteiger partial charge >= 0.3 is 6.18 Å². The van der Waals surface area contributed by atoms with E-state index in [4.69, 9.17) is 21.8 Å². The van der Waals surface area contributed by atoms with Crippen LogP contribution in [0, 0.1) is 0 Å². The highest BCUT2D eigenvalue weighted by atomic mass is 35.5. The summed E-state index contributed by atoms with van der Waals surface area (Å²) >= 11 is 6.33. The molecule has 0 saturated carbocycles. The Morgan fingerprint density at radius 2 is 1.55 bits per heavy atom. The molecule has 0 aliphatic carbocycles. The minimum Gasteiger partial charge on any atom is -0.461 e. The van der Waals surface area contributed by atoms with Gasteiger partial charge in [-0.05, 0) is 40.5 Å². The second-order valence-electron chi connectivity index (χ2n) is 10.4. The molecule has 42 heavy (non-hydrogen) atoms. The number of carbonyl (C=O) groups excluding carboxylic acids is 1.